The fourth-order valence-corrected chi connectivity index (χ4v) is 2.50. The van der Waals surface area contributed by atoms with E-state index in [9.17, 15) is 9.18 Å². The Balaban J connectivity index is 1.85. The molecule has 2 aromatic rings. The predicted octanol–water partition coefficient (Wildman–Crippen LogP) is 3.70. The van der Waals surface area contributed by atoms with Gasteiger partial charge in [0.25, 0.3) is 0 Å². The number of hydrogen-bond acceptors (Lipinski definition) is 3. The average Bonchev–Trinajstić information content (AvgIpc) is 2.84. The molecule has 1 unspecified atom stereocenters. The lowest BCUT2D eigenvalue weighted by atomic mass is 10.2. The van der Waals surface area contributed by atoms with E-state index in [1.165, 1.54) is 17.8 Å². The van der Waals surface area contributed by atoms with Crippen molar-refractivity contribution in [1.82, 2.24) is 5.32 Å². The Hall–Kier alpha value is -1.75. The first-order valence-corrected chi connectivity index (χ1v) is 7.28. The average molecular weight is 293 g/mol. The highest BCUT2D eigenvalue weighted by molar-refractivity contribution is 8.00. The molecule has 2 rings (SSSR count). The van der Waals surface area contributed by atoms with Crippen LogP contribution >= 0.6 is 11.8 Å². The highest BCUT2D eigenvalue weighted by Gasteiger charge is 2.13. The number of hydrogen-bond donors (Lipinski definition) is 1. The number of aryl methyl sites for hydroxylation is 1. The lowest BCUT2D eigenvalue weighted by Gasteiger charge is -2.11. The maximum absolute atomic E-state index is 13.4. The van der Waals surface area contributed by atoms with Crippen LogP contribution in [-0.2, 0) is 4.79 Å². The van der Waals surface area contributed by atoms with Gasteiger partial charge in [0.05, 0.1) is 11.8 Å². The first-order valence-electron chi connectivity index (χ1n) is 6.29. The predicted molar refractivity (Wildman–Crippen MR) is 77.1 cm³/mol. The number of amides is 1. The third kappa shape index (κ3) is 3.87. The SMILES string of the molecule is Cc1ccc(C(C)NC(=O)CSc2ccccc2F)o1. The Morgan fingerprint density at radius 3 is 2.75 bits per heavy atom. The minimum atomic E-state index is -0.306. The first-order chi connectivity index (χ1) is 9.56. The Kier molecular flexibility index (Phi) is 4.84. The van der Waals surface area contributed by atoms with Gasteiger partial charge in [-0.3, -0.25) is 4.79 Å². The normalized spacial score (nSPS) is 12.2. The van der Waals surface area contributed by atoms with Crippen molar-refractivity contribution in [3.05, 3.63) is 53.7 Å². The van der Waals surface area contributed by atoms with Crippen molar-refractivity contribution < 1.29 is 13.6 Å². The van der Waals surface area contributed by atoms with Crippen LogP contribution < -0.4 is 5.32 Å². The summed E-state index contributed by atoms with van der Waals surface area (Å²) in [5.41, 5.74) is 0. The molecule has 5 heteroatoms. The van der Waals surface area contributed by atoms with Crippen LogP contribution in [0.1, 0.15) is 24.5 Å². The first kappa shape index (κ1) is 14.7. The molecule has 106 valence electrons. The van der Waals surface area contributed by atoms with Gasteiger partial charge >= 0.3 is 0 Å². The van der Waals surface area contributed by atoms with Crippen molar-refractivity contribution in [2.45, 2.75) is 24.8 Å². The summed E-state index contributed by atoms with van der Waals surface area (Å²) in [6, 6.07) is 9.91. The van der Waals surface area contributed by atoms with Crippen LogP contribution in [0.25, 0.3) is 0 Å². The number of carbonyl (C=O) groups is 1. The Bertz CT molecular complexity index is 597. The topological polar surface area (TPSA) is 42.2 Å². The lowest BCUT2D eigenvalue weighted by molar-refractivity contribution is -0.119. The van der Waals surface area contributed by atoms with E-state index in [4.69, 9.17) is 4.42 Å². The molecule has 1 N–H and O–H groups in total. The summed E-state index contributed by atoms with van der Waals surface area (Å²) in [5.74, 6) is 1.23. The fraction of sp³-hybridized carbons (Fsp3) is 0.267. The van der Waals surface area contributed by atoms with E-state index in [-0.39, 0.29) is 23.5 Å². The van der Waals surface area contributed by atoms with Crippen molar-refractivity contribution in [2.24, 2.45) is 0 Å². The van der Waals surface area contributed by atoms with E-state index in [0.717, 1.165) is 5.76 Å². The molecule has 0 saturated heterocycles. The minimum Gasteiger partial charge on any atom is -0.464 e. The minimum absolute atomic E-state index is 0.153. The summed E-state index contributed by atoms with van der Waals surface area (Å²) in [4.78, 5) is 12.3. The number of halogens is 1. The molecular weight excluding hydrogens is 277 g/mol. The molecule has 1 amide bonds. The number of carbonyl (C=O) groups excluding carboxylic acids is 1. The molecular formula is C15H16FNO2S. The van der Waals surface area contributed by atoms with Crippen LogP contribution in [0.3, 0.4) is 0 Å². The number of benzene rings is 1. The molecule has 0 aliphatic heterocycles. The summed E-state index contributed by atoms with van der Waals surface area (Å²) >= 11 is 1.18. The molecule has 1 heterocycles. The quantitative estimate of drug-likeness (QED) is 0.855. The molecule has 3 nitrogen and oxygen atoms in total. The second-order valence-corrected chi connectivity index (χ2v) is 5.47. The van der Waals surface area contributed by atoms with Crippen molar-refractivity contribution >= 4 is 17.7 Å². The summed E-state index contributed by atoms with van der Waals surface area (Å²) in [6.45, 7) is 3.70. The molecule has 0 radical (unpaired) electrons. The second kappa shape index (κ2) is 6.61. The maximum Gasteiger partial charge on any atom is 0.230 e. The van der Waals surface area contributed by atoms with Gasteiger partial charge in [-0.25, -0.2) is 4.39 Å². The van der Waals surface area contributed by atoms with Gasteiger partial charge in [-0.05, 0) is 38.1 Å². The number of furan rings is 1. The zero-order valence-electron chi connectivity index (χ0n) is 11.4. The van der Waals surface area contributed by atoms with Gasteiger partial charge in [-0.15, -0.1) is 11.8 Å². The van der Waals surface area contributed by atoms with Gasteiger partial charge in [0.1, 0.15) is 17.3 Å². The van der Waals surface area contributed by atoms with Gasteiger partial charge in [0, 0.05) is 4.90 Å². The molecule has 0 saturated carbocycles. The van der Waals surface area contributed by atoms with Crippen LogP contribution in [0.2, 0.25) is 0 Å². The Labute approximate surface area is 121 Å². The van der Waals surface area contributed by atoms with E-state index < -0.39 is 0 Å². The second-order valence-electron chi connectivity index (χ2n) is 4.46. The third-order valence-electron chi connectivity index (χ3n) is 2.76. The molecule has 0 fully saturated rings. The van der Waals surface area contributed by atoms with E-state index in [2.05, 4.69) is 5.32 Å². The molecule has 0 aliphatic carbocycles. The zero-order chi connectivity index (χ0) is 14.5. The van der Waals surface area contributed by atoms with Crippen molar-refractivity contribution in [3.8, 4) is 0 Å². The monoisotopic (exact) mass is 293 g/mol. The van der Waals surface area contributed by atoms with Gasteiger partial charge < -0.3 is 9.73 Å². The zero-order valence-corrected chi connectivity index (χ0v) is 12.2. The van der Waals surface area contributed by atoms with Crippen LogP contribution in [0.15, 0.2) is 45.7 Å². The summed E-state index contributed by atoms with van der Waals surface area (Å²) in [6.07, 6.45) is 0. The standard InChI is InChI=1S/C15H16FNO2S/c1-10-7-8-13(19-10)11(2)17-15(18)9-20-14-6-4-3-5-12(14)16/h3-8,11H,9H2,1-2H3,(H,17,18). The number of rotatable bonds is 5. The molecule has 0 spiro atoms. The largest absolute Gasteiger partial charge is 0.464 e. The highest BCUT2D eigenvalue weighted by Crippen LogP contribution is 2.21. The van der Waals surface area contributed by atoms with Gasteiger partial charge in [0.2, 0.25) is 5.91 Å². The highest BCUT2D eigenvalue weighted by atomic mass is 32.2. The van der Waals surface area contributed by atoms with Gasteiger partial charge in [0.15, 0.2) is 0 Å². The maximum atomic E-state index is 13.4. The Morgan fingerprint density at radius 1 is 1.35 bits per heavy atom. The van der Waals surface area contributed by atoms with E-state index in [1.54, 1.807) is 18.2 Å². The number of nitrogens with one attached hydrogen (secondary N) is 1. The molecule has 1 aromatic heterocycles. The summed E-state index contributed by atoms with van der Waals surface area (Å²) in [7, 11) is 0. The van der Waals surface area contributed by atoms with Gasteiger partial charge in [-0.2, -0.15) is 0 Å². The molecule has 20 heavy (non-hydrogen) atoms. The van der Waals surface area contributed by atoms with Crippen molar-refractivity contribution in [1.29, 1.82) is 0 Å². The lowest BCUT2D eigenvalue weighted by Crippen LogP contribution is -2.27. The molecule has 1 aromatic carbocycles. The molecule has 1 atom stereocenters. The summed E-state index contributed by atoms with van der Waals surface area (Å²) < 4.78 is 18.8. The van der Waals surface area contributed by atoms with Crippen LogP contribution in [-0.4, -0.2) is 11.7 Å². The van der Waals surface area contributed by atoms with E-state index in [1.807, 2.05) is 26.0 Å². The number of thioether (sulfide) groups is 1. The van der Waals surface area contributed by atoms with Crippen LogP contribution in [0.4, 0.5) is 4.39 Å². The van der Waals surface area contributed by atoms with Crippen molar-refractivity contribution in [3.63, 3.8) is 0 Å². The smallest absolute Gasteiger partial charge is 0.230 e. The fourth-order valence-electron chi connectivity index (χ4n) is 1.75. The van der Waals surface area contributed by atoms with Crippen molar-refractivity contribution in [2.75, 3.05) is 5.75 Å². The Morgan fingerprint density at radius 2 is 2.10 bits per heavy atom. The molecule has 0 bridgehead atoms. The van der Waals surface area contributed by atoms with Crippen LogP contribution in [0.5, 0.6) is 0 Å². The van der Waals surface area contributed by atoms with E-state index in [0.29, 0.717) is 10.7 Å². The molecule has 0 aliphatic rings. The van der Waals surface area contributed by atoms with Crippen LogP contribution in [0, 0.1) is 12.7 Å². The summed E-state index contributed by atoms with van der Waals surface area (Å²) in [5, 5.41) is 2.82. The van der Waals surface area contributed by atoms with E-state index >= 15 is 0 Å². The third-order valence-corrected chi connectivity index (χ3v) is 3.81. The van der Waals surface area contributed by atoms with Gasteiger partial charge in [-0.1, -0.05) is 12.1 Å².